The van der Waals surface area contributed by atoms with E-state index in [2.05, 4.69) is 27.7 Å². The van der Waals surface area contributed by atoms with E-state index in [-0.39, 0.29) is 0 Å². The number of carbonyl (C=O) groups excluding carboxylic acids is 3. The first-order chi connectivity index (χ1) is 32.4. The molecule has 0 aliphatic heterocycles. The van der Waals surface area contributed by atoms with Crippen molar-refractivity contribution in [2.75, 3.05) is 0 Å². The maximum Gasteiger partial charge on any atom is 0.513 e. The van der Waals surface area contributed by atoms with Crippen LogP contribution in [0.4, 0.5) is 4.79 Å². The number of hydrogen-bond acceptors (Lipinski definition) is 9. The minimum Gasteiger partial charge on any atom is -0.400 e. The molecule has 376 valence electrons. The Labute approximate surface area is 402 Å². The summed E-state index contributed by atoms with van der Waals surface area (Å²) in [5, 5.41) is 0. The fourth-order valence-corrected chi connectivity index (χ4v) is 8.22. The molecule has 2 atom stereocenters. The van der Waals surface area contributed by atoms with Crippen LogP contribution in [0.3, 0.4) is 0 Å². The van der Waals surface area contributed by atoms with Gasteiger partial charge in [-0.1, -0.05) is 232 Å². The molecule has 0 aliphatic carbocycles. The van der Waals surface area contributed by atoms with Crippen LogP contribution in [0, 0.1) is 0 Å². The highest BCUT2D eigenvalue weighted by Gasteiger charge is 2.25. The van der Waals surface area contributed by atoms with E-state index in [1.54, 1.807) is 24.3 Å². The molecule has 9 nitrogen and oxygen atoms in total. The highest BCUT2D eigenvalue weighted by molar-refractivity contribution is 5.89. The van der Waals surface area contributed by atoms with Crippen molar-refractivity contribution in [3.05, 3.63) is 70.8 Å². The lowest BCUT2D eigenvalue weighted by Crippen LogP contribution is -2.28. The Kier molecular flexibility index (Phi) is 37.1. The summed E-state index contributed by atoms with van der Waals surface area (Å²) >= 11 is 0. The number of hydrogen-bond donors (Lipinski definition) is 0. The number of carbonyl (C=O) groups is 3. The van der Waals surface area contributed by atoms with Crippen molar-refractivity contribution in [2.45, 2.75) is 271 Å². The number of ether oxygens (including phenoxy) is 2. The van der Waals surface area contributed by atoms with Crippen molar-refractivity contribution in [2.24, 2.45) is 0 Å². The Morgan fingerprint density at radius 2 is 0.606 bits per heavy atom. The van der Waals surface area contributed by atoms with E-state index in [4.69, 9.17) is 29.0 Å². The van der Waals surface area contributed by atoms with Crippen LogP contribution in [0.5, 0.6) is 0 Å². The molecule has 0 saturated heterocycles. The number of benzene rings is 2. The summed E-state index contributed by atoms with van der Waals surface area (Å²) < 4.78 is 11.3. The Hall–Kier alpha value is -3.43. The van der Waals surface area contributed by atoms with Crippen molar-refractivity contribution >= 4 is 18.1 Å². The van der Waals surface area contributed by atoms with Crippen LogP contribution >= 0.6 is 0 Å². The van der Waals surface area contributed by atoms with Gasteiger partial charge in [-0.2, -0.15) is 0 Å². The zero-order valence-electron chi connectivity index (χ0n) is 42.4. The van der Waals surface area contributed by atoms with E-state index >= 15 is 0 Å². The molecule has 0 aromatic heterocycles. The lowest BCUT2D eigenvalue weighted by molar-refractivity contribution is -0.348. The molecule has 0 aliphatic rings. The second-order valence-corrected chi connectivity index (χ2v) is 18.6. The monoisotopic (exact) mass is 923 g/mol. The Balaban J connectivity index is 1.97. The minimum absolute atomic E-state index is 0.310. The van der Waals surface area contributed by atoms with Crippen molar-refractivity contribution < 1.29 is 43.4 Å². The fraction of sp³-hybridized carbons (Fsp3) is 0.737. The molecule has 0 radical (unpaired) electrons. The molecule has 0 N–H and O–H groups in total. The van der Waals surface area contributed by atoms with E-state index in [0.717, 1.165) is 101 Å². The molecule has 2 rings (SSSR count). The molecule has 0 fully saturated rings. The van der Waals surface area contributed by atoms with Crippen LogP contribution in [-0.2, 0) is 41.9 Å². The van der Waals surface area contributed by atoms with Gasteiger partial charge in [-0.15, -0.1) is 9.78 Å². The molecule has 9 heteroatoms. The van der Waals surface area contributed by atoms with E-state index in [9.17, 15) is 14.4 Å². The predicted molar refractivity (Wildman–Crippen MR) is 268 cm³/mol. The summed E-state index contributed by atoms with van der Waals surface area (Å²) in [6, 6.07) is 14.6. The van der Waals surface area contributed by atoms with Gasteiger partial charge in [-0.3, -0.25) is 9.78 Å². The highest BCUT2D eigenvalue weighted by atomic mass is 17.2. The maximum atomic E-state index is 13.4. The molecular weight excluding hydrogens is 829 g/mol. The van der Waals surface area contributed by atoms with Crippen LogP contribution in [-0.4, -0.2) is 30.7 Å². The quantitative estimate of drug-likeness (QED) is 0.0211. The van der Waals surface area contributed by atoms with Crippen LogP contribution in [0.2, 0.25) is 0 Å². The normalized spacial score (nSPS) is 12.2. The molecule has 2 aromatic rings. The predicted octanol–water partition coefficient (Wildman–Crippen LogP) is 17.8. The van der Waals surface area contributed by atoms with E-state index in [1.165, 1.54) is 116 Å². The first-order valence-electron chi connectivity index (χ1n) is 27.2. The topological polar surface area (TPSA) is 107 Å². The number of rotatable bonds is 44. The van der Waals surface area contributed by atoms with E-state index in [1.807, 2.05) is 24.3 Å². The van der Waals surface area contributed by atoms with Gasteiger partial charge in [0.1, 0.15) is 0 Å². The second-order valence-electron chi connectivity index (χ2n) is 18.6. The molecule has 66 heavy (non-hydrogen) atoms. The Morgan fingerprint density at radius 1 is 0.348 bits per heavy atom. The van der Waals surface area contributed by atoms with Crippen LogP contribution in [0.25, 0.3) is 0 Å². The molecule has 0 amide bonds. The minimum atomic E-state index is -1.20. The summed E-state index contributed by atoms with van der Waals surface area (Å²) in [7, 11) is 0. The van der Waals surface area contributed by atoms with Crippen molar-refractivity contribution in [1.82, 2.24) is 0 Å². The first-order valence-corrected chi connectivity index (χ1v) is 27.2. The van der Waals surface area contributed by atoms with Gasteiger partial charge >= 0.3 is 18.1 Å². The molecule has 0 spiro atoms. The van der Waals surface area contributed by atoms with Gasteiger partial charge in [0.2, 0.25) is 12.6 Å². The zero-order chi connectivity index (χ0) is 47.6. The van der Waals surface area contributed by atoms with Crippen molar-refractivity contribution in [3.8, 4) is 0 Å². The van der Waals surface area contributed by atoms with E-state index in [0.29, 0.717) is 36.8 Å². The first kappa shape index (κ1) is 58.7. The maximum absolute atomic E-state index is 13.4. The average molecular weight is 923 g/mol. The summed E-state index contributed by atoms with van der Waals surface area (Å²) in [4.78, 5) is 60.9. The number of unbranched alkanes of at least 4 members (excludes halogenated alkanes) is 28. The number of aryl methyl sites for hydroxylation is 2. The van der Waals surface area contributed by atoms with Crippen LogP contribution < -0.4 is 0 Å². The van der Waals surface area contributed by atoms with Gasteiger partial charge in [0.15, 0.2) is 0 Å². The smallest absolute Gasteiger partial charge is 0.400 e. The molecule has 0 saturated carbocycles. The fourth-order valence-electron chi connectivity index (χ4n) is 8.22. The summed E-state index contributed by atoms with van der Waals surface area (Å²) in [6.45, 7) is 8.86. The lowest BCUT2D eigenvalue weighted by atomic mass is 10.0. The average Bonchev–Trinajstić information content (AvgIpc) is 3.33. The Morgan fingerprint density at radius 3 is 0.894 bits per heavy atom. The van der Waals surface area contributed by atoms with Gasteiger partial charge < -0.3 is 9.47 Å². The molecule has 0 bridgehead atoms. The summed E-state index contributed by atoms with van der Waals surface area (Å²) in [5.41, 5.74) is 3.00. The van der Waals surface area contributed by atoms with Crippen LogP contribution in [0.1, 0.15) is 278 Å². The van der Waals surface area contributed by atoms with Crippen molar-refractivity contribution in [1.29, 1.82) is 0 Å². The largest absolute Gasteiger partial charge is 0.513 e. The molecule has 2 unspecified atom stereocenters. The van der Waals surface area contributed by atoms with Crippen LogP contribution in [0.15, 0.2) is 48.5 Å². The van der Waals surface area contributed by atoms with Crippen molar-refractivity contribution in [3.63, 3.8) is 0 Å². The van der Waals surface area contributed by atoms with Gasteiger partial charge in [0.25, 0.3) is 0 Å². The third kappa shape index (κ3) is 31.5. The van der Waals surface area contributed by atoms with E-state index < -0.39 is 30.7 Å². The van der Waals surface area contributed by atoms with Gasteiger partial charge in [-0.05, 0) is 73.9 Å². The van der Waals surface area contributed by atoms with Gasteiger partial charge in [-0.25, -0.2) is 14.4 Å². The SMILES string of the molecule is CCCCCCCCCCCCCCCC(OOC(=O)c1ccc(CCCCC)cc1)OC(=O)OC(CCCCCCCCCCCCCCC)OOC(=O)c1ccc(CCCCC)cc1. The van der Waals surface area contributed by atoms with Gasteiger partial charge in [0.05, 0.1) is 11.1 Å². The Bertz CT molecular complexity index is 1340. The zero-order valence-corrected chi connectivity index (χ0v) is 42.4. The standard InChI is InChI=1S/C57H94O9/c1-5-9-13-15-17-19-21-23-25-27-29-31-35-39-53(63-65-55(58)51-45-41-49(42-46-51)37-33-11-7-3)61-57(60)62-54(40-36-32-30-28-26-24-22-20-18-16-14-10-6-2)64-66-56(59)52-47-43-50(44-48-52)38-34-12-8-4/h41-48,53-54H,5-40H2,1-4H3. The lowest BCUT2D eigenvalue weighted by Gasteiger charge is -2.20. The highest BCUT2D eigenvalue weighted by Crippen LogP contribution is 2.20. The third-order valence-corrected chi connectivity index (χ3v) is 12.5. The second kappa shape index (κ2) is 41.7. The molecule has 2 aromatic carbocycles. The van der Waals surface area contributed by atoms with Gasteiger partial charge in [0, 0.05) is 12.8 Å². The summed E-state index contributed by atoms with van der Waals surface area (Å²) in [5.74, 6) is -1.35. The molecule has 0 heterocycles. The third-order valence-electron chi connectivity index (χ3n) is 12.5. The summed E-state index contributed by atoms with van der Waals surface area (Å²) in [6.07, 6.45) is 37.0. The molecular formula is C57H94O9.